The molecule has 0 unspecified atom stereocenters. The fourth-order valence-electron chi connectivity index (χ4n) is 3.38. The Morgan fingerprint density at radius 3 is 2.50 bits per heavy atom. The summed E-state index contributed by atoms with van der Waals surface area (Å²) >= 11 is 11.9. The molecule has 9 heteroatoms. The van der Waals surface area contributed by atoms with Gasteiger partial charge in [-0.05, 0) is 48.2 Å². The number of halogens is 2. The molecule has 0 spiro atoms. The normalized spacial score (nSPS) is 17.3. The summed E-state index contributed by atoms with van der Waals surface area (Å²) in [4.78, 5) is 12.7. The Hall–Kier alpha value is -2.11. The quantitative estimate of drug-likeness (QED) is 0.690. The molecule has 1 atom stereocenters. The molecule has 1 saturated heterocycles. The van der Waals surface area contributed by atoms with Gasteiger partial charge in [0.25, 0.3) is 0 Å². The Kier molecular flexibility index (Phi) is 7.37. The summed E-state index contributed by atoms with van der Waals surface area (Å²) in [7, 11) is -3.60. The van der Waals surface area contributed by atoms with E-state index in [1.807, 2.05) is 0 Å². The average Bonchev–Trinajstić information content (AvgIpc) is 2.72. The highest BCUT2D eigenvalue weighted by molar-refractivity contribution is 7.88. The van der Waals surface area contributed by atoms with E-state index in [1.54, 1.807) is 42.5 Å². The van der Waals surface area contributed by atoms with E-state index < -0.39 is 15.9 Å². The van der Waals surface area contributed by atoms with Crippen molar-refractivity contribution in [1.82, 2.24) is 4.31 Å². The number of hydrogen-bond acceptors (Lipinski definition) is 4. The first-order chi connectivity index (χ1) is 14.3. The predicted molar refractivity (Wildman–Crippen MR) is 118 cm³/mol. The SMILES string of the molecule is N#CCc1ccc(NC(=O)[C@@H]2CCCN(S(=O)(=O)Cc3ccc(Cl)c(Cl)c3)C2)cc1. The second-order valence-electron chi connectivity index (χ2n) is 7.22. The van der Waals surface area contributed by atoms with E-state index in [1.165, 1.54) is 4.31 Å². The first kappa shape index (κ1) is 22.6. The second kappa shape index (κ2) is 9.80. The van der Waals surface area contributed by atoms with Crippen LogP contribution >= 0.6 is 23.2 Å². The number of benzene rings is 2. The number of nitriles is 1. The summed E-state index contributed by atoms with van der Waals surface area (Å²) in [5.41, 5.74) is 2.04. The summed E-state index contributed by atoms with van der Waals surface area (Å²) in [5.74, 6) is -0.836. The summed E-state index contributed by atoms with van der Waals surface area (Å²) in [6.07, 6.45) is 1.54. The number of carbonyl (C=O) groups is 1. The molecule has 0 aliphatic carbocycles. The summed E-state index contributed by atoms with van der Waals surface area (Å²) < 4.78 is 27.1. The number of hydrogen-bond donors (Lipinski definition) is 1. The molecule has 1 aliphatic heterocycles. The van der Waals surface area contributed by atoms with Crippen molar-refractivity contribution in [3.63, 3.8) is 0 Å². The lowest BCUT2D eigenvalue weighted by Gasteiger charge is -2.31. The lowest BCUT2D eigenvalue weighted by Crippen LogP contribution is -2.44. The highest BCUT2D eigenvalue weighted by Crippen LogP contribution is 2.26. The number of amides is 1. The lowest BCUT2D eigenvalue weighted by molar-refractivity contribution is -0.120. The third-order valence-corrected chi connectivity index (χ3v) is 7.54. The molecule has 1 heterocycles. The lowest BCUT2D eigenvalue weighted by atomic mass is 9.98. The van der Waals surface area contributed by atoms with Crippen LogP contribution in [0.1, 0.15) is 24.0 Å². The number of piperidine rings is 1. The largest absolute Gasteiger partial charge is 0.326 e. The van der Waals surface area contributed by atoms with Gasteiger partial charge < -0.3 is 5.32 Å². The molecule has 1 amide bonds. The first-order valence-electron chi connectivity index (χ1n) is 9.47. The van der Waals surface area contributed by atoms with Gasteiger partial charge in [0.05, 0.1) is 34.2 Å². The van der Waals surface area contributed by atoms with Gasteiger partial charge in [0.1, 0.15) is 0 Å². The van der Waals surface area contributed by atoms with Gasteiger partial charge in [0, 0.05) is 18.8 Å². The van der Waals surface area contributed by atoms with Gasteiger partial charge in [-0.25, -0.2) is 12.7 Å². The molecule has 158 valence electrons. The Labute approximate surface area is 186 Å². The minimum absolute atomic E-state index is 0.141. The van der Waals surface area contributed by atoms with Crippen LogP contribution in [0.4, 0.5) is 5.69 Å². The van der Waals surface area contributed by atoms with Crippen LogP contribution in [0.2, 0.25) is 10.0 Å². The number of carbonyl (C=O) groups excluding carboxylic acids is 1. The number of rotatable bonds is 6. The zero-order valence-corrected chi connectivity index (χ0v) is 18.5. The smallest absolute Gasteiger partial charge is 0.228 e. The molecule has 1 aliphatic rings. The number of nitrogens with one attached hydrogen (secondary N) is 1. The minimum Gasteiger partial charge on any atom is -0.326 e. The topological polar surface area (TPSA) is 90.3 Å². The van der Waals surface area contributed by atoms with Crippen LogP contribution in [-0.2, 0) is 27.0 Å². The second-order valence-corrected chi connectivity index (χ2v) is 10.0. The number of nitrogens with zero attached hydrogens (tertiary/aromatic N) is 2. The maximum Gasteiger partial charge on any atom is 0.228 e. The maximum atomic E-state index is 12.9. The van der Waals surface area contributed by atoms with Crippen molar-refractivity contribution < 1.29 is 13.2 Å². The van der Waals surface area contributed by atoms with Crippen LogP contribution < -0.4 is 5.32 Å². The standard InChI is InChI=1S/C21H21Cl2N3O3S/c22-19-8-5-16(12-20(19)23)14-30(28,29)26-11-1-2-17(13-26)21(27)25-18-6-3-15(4-7-18)9-10-24/h3-8,12,17H,1-2,9,11,13-14H2,(H,25,27)/t17-/m1/s1. The minimum atomic E-state index is -3.60. The van der Waals surface area contributed by atoms with Crippen LogP contribution in [0, 0.1) is 17.2 Å². The van der Waals surface area contributed by atoms with Gasteiger partial charge in [-0.2, -0.15) is 5.26 Å². The van der Waals surface area contributed by atoms with Crippen LogP contribution in [0.25, 0.3) is 0 Å². The van der Waals surface area contributed by atoms with Crippen molar-refractivity contribution in [2.24, 2.45) is 5.92 Å². The molecule has 2 aromatic rings. The van der Waals surface area contributed by atoms with Gasteiger partial charge >= 0.3 is 0 Å². The van der Waals surface area contributed by atoms with Gasteiger partial charge in [-0.3, -0.25) is 4.79 Å². The van der Waals surface area contributed by atoms with E-state index in [2.05, 4.69) is 11.4 Å². The fraction of sp³-hybridized carbons (Fsp3) is 0.333. The van der Waals surface area contributed by atoms with E-state index >= 15 is 0 Å². The molecule has 0 bridgehead atoms. The van der Waals surface area contributed by atoms with Crippen LogP contribution in [0.3, 0.4) is 0 Å². The van der Waals surface area contributed by atoms with Crippen molar-refractivity contribution in [2.45, 2.75) is 25.0 Å². The molecule has 0 radical (unpaired) electrons. The maximum absolute atomic E-state index is 12.9. The van der Waals surface area contributed by atoms with Crippen LogP contribution in [0.5, 0.6) is 0 Å². The van der Waals surface area contributed by atoms with E-state index in [-0.39, 0.29) is 18.2 Å². The van der Waals surface area contributed by atoms with Crippen LogP contribution in [-0.4, -0.2) is 31.7 Å². The van der Waals surface area contributed by atoms with E-state index in [9.17, 15) is 13.2 Å². The van der Waals surface area contributed by atoms with Crippen molar-refractivity contribution in [1.29, 1.82) is 5.26 Å². The number of sulfonamides is 1. The number of anilines is 1. The van der Waals surface area contributed by atoms with Crippen LogP contribution in [0.15, 0.2) is 42.5 Å². The third kappa shape index (κ3) is 5.73. The van der Waals surface area contributed by atoms with Crippen molar-refractivity contribution in [2.75, 3.05) is 18.4 Å². The zero-order valence-electron chi connectivity index (χ0n) is 16.1. The monoisotopic (exact) mass is 465 g/mol. The Balaban J connectivity index is 1.64. The molecule has 1 fully saturated rings. The van der Waals surface area contributed by atoms with E-state index in [0.29, 0.717) is 47.1 Å². The molecule has 30 heavy (non-hydrogen) atoms. The zero-order chi connectivity index (χ0) is 21.7. The molecule has 1 N–H and O–H groups in total. The third-order valence-electron chi connectivity index (χ3n) is 4.99. The van der Waals surface area contributed by atoms with Crippen molar-refractivity contribution >= 4 is 44.8 Å². The van der Waals surface area contributed by atoms with E-state index in [0.717, 1.165) is 5.56 Å². The Morgan fingerprint density at radius 1 is 1.13 bits per heavy atom. The molecular weight excluding hydrogens is 445 g/mol. The van der Waals surface area contributed by atoms with Gasteiger partial charge in [0.15, 0.2) is 0 Å². The Bertz CT molecular complexity index is 1070. The van der Waals surface area contributed by atoms with Gasteiger partial charge in [-0.15, -0.1) is 0 Å². The summed E-state index contributed by atoms with van der Waals surface area (Å²) in [5, 5.41) is 12.2. The molecule has 2 aromatic carbocycles. The molecule has 3 rings (SSSR count). The van der Waals surface area contributed by atoms with Gasteiger partial charge in [0.2, 0.25) is 15.9 Å². The summed E-state index contributed by atoms with van der Waals surface area (Å²) in [6.45, 7) is 0.526. The average molecular weight is 466 g/mol. The molecule has 6 nitrogen and oxygen atoms in total. The highest BCUT2D eigenvalue weighted by Gasteiger charge is 2.32. The molecule has 0 aromatic heterocycles. The molecular formula is C21H21Cl2N3O3S. The molecule has 0 saturated carbocycles. The van der Waals surface area contributed by atoms with Crippen molar-refractivity contribution in [3.8, 4) is 6.07 Å². The highest BCUT2D eigenvalue weighted by atomic mass is 35.5. The Morgan fingerprint density at radius 2 is 1.83 bits per heavy atom. The van der Waals surface area contributed by atoms with Crippen molar-refractivity contribution in [3.05, 3.63) is 63.6 Å². The predicted octanol–water partition coefficient (Wildman–Crippen LogP) is 4.24. The van der Waals surface area contributed by atoms with Gasteiger partial charge in [-0.1, -0.05) is 41.4 Å². The summed E-state index contributed by atoms with van der Waals surface area (Å²) in [6, 6.07) is 13.9. The van der Waals surface area contributed by atoms with E-state index in [4.69, 9.17) is 28.5 Å². The first-order valence-corrected chi connectivity index (χ1v) is 11.8. The fourth-order valence-corrected chi connectivity index (χ4v) is 5.30.